The van der Waals surface area contributed by atoms with Crippen molar-refractivity contribution in [3.05, 3.63) is 127 Å². The van der Waals surface area contributed by atoms with Gasteiger partial charge in [-0.25, -0.2) is 0 Å². The maximum atomic E-state index is 2.31. The first-order valence-corrected chi connectivity index (χ1v) is 11.3. The predicted molar refractivity (Wildman–Crippen MR) is 119 cm³/mol. The van der Waals surface area contributed by atoms with Crippen molar-refractivity contribution in [2.75, 3.05) is 0 Å². The van der Waals surface area contributed by atoms with Crippen molar-refractivity contribution in [1.29, 1.82) is 0 Å². The molecule has 0 aliphatic heterocycles. The van der Waals surface area contributed by atoms with E-state index in [1.54, 1.807) is 0 Å². The van der Waals surface area contributed by atoms with Crippen molar-refractivity contribution in [2.24, 2.45) is 0 Å². The Morgan fingerprint density at radius 2 is 0.731 bits per heavy atom. The molecule has 0 saturated heterocycles. The zero-order valence-electron chi connectivity index (χ0n) is 16.8. The van der Waals surface area contributed by atoms with E-state index in [4.69, 9.17) is 0 Å². The molecule has 1 heteroatoms. The zero-order valence-corrected chi connectivity index (χ0v) is 15.8. The SMILES string of the molecule is [H+].[H+].c1ccc(C[PH](c2ccccc2)(c2ccccc2)c2ccccc2)cc1. The van der Waals surface area contributed by atoms with Crippen molar-refractivity contribution in [3.8, 4) is 0 Å². The summed E-state index contributed by atoms with van der Waals surface area (Å²) in [4.78, 5) is 0. The van der Waals surface area contributed by atoms with Crippen LogP contribution in [0.3, 0.4) is 0 Å². The summed E-state index contributed by atoms with van der Waals surface area (Å²) in [7, 11) is -2.16. The predicted octanol–water partition coefficient (Wildman–Crippen LogP) is 5.14. The second-order valence-corrected chi connectivity index (χ2v) is 10.6. The first-order chi connectivity index (χ1) is 12.9. The Hall–Kier alpha value is -2.69. The van der Waals surface area contributed by atoms with Gasteiger partial charge in [-0.05, 0) is 0 Å². The van der Waals surface area contributed by atoms with Crippen LogP contribution in [0.25, 0.3) is 0 Å². The van der Waals surface area contributed by atoms with Crippen LogP contribution in [-0.2, 0) is 6.16 Å². The molecule has 26 heavy (non-hydrogen) atoms. The molecule has 0 amide bonds. The fourth-order valence-electron chi connectivity index (χ4n) is 3.88. The van der Waals surface area contributed by atoms with Crippen LogP contribution in [0.2, 0.25) is 0 Å². The molecule has 0 aliphatic carbocycles. The van der Waals surface area contributed by atoms with E-state index in [1.165, 1.54) is 21.5 Å². The molecular weight excluding hydrogens is 331 g/mol. The van der Waals surface area contributed by atoms with Gasteiger partial charge in [-0.3, -0.25) is 0 Å². The number of hydrogen-bond acceptors (Lipinski definition) is 0. The van der Waals surface area contributed by atoms with Gasteiger partial charge in [0.05, 0.1) is 0 Å². The van der Waals surface area contributed by atoms with Gasteiger partial charge >= 0.3 is 159 Å². The van der Waals surface area contributed by atoms with E-state index in [0.29, 0.717) is 0 Å². The molecule has 0 spiro atoms. The van der Waals surface area contributed by atoms with Crippen molar-refractivity contribution in [1.82, 2.24) is 0 Å². The molecule has 4 aromatic rings. The normalized spacial score (nSPS) is 11.8. The first kappa shape index (κ1) is 16.8. The molecule has 0 unspecified atom stereocenters. The van der Waals surface area contributed by atoms with Crippen LogP contribution in [0.4, 0.5) is 0 Å². The van der Waals surface area contributed by atoms with Gasteiger partial charge in [0, 0.05) is 0 Å². The summed E-state index contributed by atoms with van der Waals surface area (Å²) in [5.74, 6) is 0. The second-order valence-electron chi connectivity index (χ2n) is 6.67. The van der Waals surface area contributed by atoms with Gasteiger partial charge in [-0.15, -0.1) is 0 Å². The molecule has 4 aromatic carbocycles. The summed E-state index contributed by atoms with van der Waals surface area (Å²) in [6, 6.07) is 44.2. The Balaban J connectivity index is 0.00000140. The van der Waals surface area contributed by atoms with E-state index in [-0.39, 0.29) is 2.85 Å². The van der Waals surface area contributed by atoms with E-state index < -0.39 is 7.26 Å². The summed E-state index contributed by atoms with van der Waals surface area (Å²) >= 11 is 0. The third-order valence-corrected chi connectivity index (χ3v) is 10.0. The fraction of sp³-hybridized carbons (Fsp3) is 0.0400. The minimum absolute atomic E-state index is 0. The van der Waals surface area contributed by atoms with Gasteiger partial charge < -0.3 is 0 Å². The van der Waals surface area contributed by atoms with Crippen LogP contribution < -0.4 is 15.9 Å². The fourth-order valence-corrected chi connectivity index (χ4v) is 8.62. The number of hydrogen-bond donors (Lipinski definition) is 0. The molecule has 0 heterocycles. The number of benzene rings is 4. The summed E-state index contributed by atoms with van der Waals surface area (Å²) in [5, 5.41) is 4.38. The van der Waals surface area contributed by atoms with Gasteiger partial charge in [-0.1, -0.05) is 0 Å². The Morgan fingerprint density at radius 3 is 1.08 bits per heavy atom. The molecule has 0 atom stereocenters. The molecule has 0 saturated carbocycles. The van der Waals surface area contributed by atoms with Crippen LogP contribution in [0, 0.1) is 0 Å². The minimum atomic E-state index is -2.16. The van der Waals surface area contributed by atoms with Crippen LogP contribution in [-0.4, -0.2) is 0 Å². The van der Waals surface area contributed by atoms with Crippen molar-refractivity contribution >= 4 is 23.2 Å². The average Bonchev–Trinajstić information content (AvgIpc) is 2.75. The number of rotatable bonds is 5. The van der Waals surface area contributed by atoms with Crippen LogP contribution in [0.5, 0.6) is 0 Å². The molecule has 0 N–H and O–H groups in total. The molecule has 0 nitrogen and oxygen atoms in total. The van der Waals surface area contributed by atoms with E-state index in [1.807, 2.05) is 0 Å². The quantitative estimate of drug-likeness (QED) is 0.435. The molecule has 0 fully saturated rings. The third-order valence-electron chi connectivity index (χ3n) is 5.11. The first-order valence-electron chi connectivity index (χ1n) is 9.10. The van der Waals surface area contributed by atoms with Gasteiger partial charge in [0.15, 0.2) is 0 Å². The summed E-state index contributed by atoms with van der Waals surface area (Å²) in [5.41, 5.74) is 1.40. The van der Waals surface area contributed by atoms with Crippen molar-refractivity contribution in [3.63, 3.8) is 0 Å². The van der Waals surface area contributed by atoms with E-state index in [9.17, 15) is 0 Å². The molecule has 0 bridgehead atoms. The summed E-state index contributed by atoms with van der Waals surface area (Å²) in [6.07, 6.45) is 1.06. The molecule has 0 aliphatic rings. The molecule has 4 rings (SSSR count). The topological polar surface area (TPSA) is 0 Å². The van der Waals surface area contributed by atoms with E-state index in [2.05, 4.69) is 121 Å². The third kappa shape index (κ3) is 3.21. The van der Waals surface area contributed by atoms with Crippen molar-refractivity contribution < 1.29 is 2.85 Å². The van der Waals surface area contributed by atoms with Gasteiger partial charge in [0.2, 0.25) is 0 Å². The van der Waals surface area contributed by atoms with E-state index >= 15 is 0 Å². The monoisotopic (exact) mass is 356 g/mol. The molecule has 0 aromatic heterocycles. The van der Waals surface area contributed by atoms with Gasteiger partial charge in [-0.2, -0.15) is 0 Å². The van der Waals surface area contributed by atoms with Crippen molar-refractivity contribution in [2.45, 2.75) is 6.16 Å². The molecular formula is C25H25P+2. The molecule has 128 valence electrons. The van der Waals surface area contributed by atoms with Crippen LogP contribution >= 0.6 is 7.26 Å². The average molecular weight is 356 g/mol. The van der Waals surface area contributed by atoms with E-state index in [0.717, 1.165) is 6.16 Å². The Kier molecular flexibility index (Phi) is 4.95. The Labute approximate surface area is 159 Å². The molecule has 0 radical (unpaired) electrons. The zero-order chi connectivity index (χ0) is 17.7. The second kappa shape index (κ2) is 7.68. The maximum absolute atomic E-state index is 2.31. The van der Waals surface area contributed by atoms with Crippen LogP contribution in [0.15, 0.2) is 121 Å². The van der Waals surface area contributed by atoms with Crippen LogP contribution in [0.1, 0.15) is 8.42 Å². The Bertz CT molecular complexity index is 846. The summed E-state index contributed by atoms with van der Waals surface area (Å²) in [6.45, 7) is 0. The Morgan fingerprint density at radius 1 is 0.423 bits per heavy atom. The van der Waals surface area contributed by atoms with Gasteiger partial charge in [0.1, 0.15) is 0 Å². The van der Waals surface area contributed by atoms with Gasteiger partial charge in [0.25, 0.3) is 0 Å². The standard InChI is InChI=1S/C25H23P/c1-5-13-22(14-6-1)21-26(23-15-7-2-8-16-23,24-17-9-3-10-18-24)25-19-11-4-12-20-25/h1-20,26H,21H2/p+2. The summed E-state index contributed by atoms with van der Waals surface area (Å²) < 4.78 is 0.